The average Bonchev–Trinajstić information content (AvgIpc) is 3.51. The highest BCUT2D eigenvalue weighted by molar-refractivity contribution is 6.42. The van der Waals surface area contributed by atoms with Gasteiger partial charge in [0.05, 0.1) is 27.7 Å². The Hall–Kier alpha value is -2.69. The third-order valence-corrected chi connectivity index (χ3v) is 7.47. The van der Waals surface area contributed by atoms with Gasteiger partial charge in [0.1, 0.15) is 5.75 Å². The number of imidazole rings is 1. The van der Waals surface area contributed by atoms with Crippen molar-refractivity contribution in [3.8, 4) is 11.4 Å². The maximum Gasteiger partial charge on any atom is 0.573 e. The third kappa shape index (κ3) is 5.91. The van der Waals surface area contributed by atoms with Gasteiger partial charge in [-0.25, -0.2) is 4.98 Å². The van der Waals surface area contributed by atoms with E-state index in [1.54, 1.807) is 12.1 Å². The molecule has 5 rings (SSSR count). The Morgan fingerprint density at radius 2 is 1.81 bits per heavy atom. The van der Waals surface area contributed by atoms with Crippen LogP contribution in [0.3, 0.4) is 0 Å². The molecule has 1 atom stereocenters. The molecular weight excluding hydrogens is 532 g/mol. The molecule has 1 unspecified atom stereocenters. The normalized spacial score (nSPS) is 18.9. The molecule has 0 saturated carbocycles. The predicted molar refractivity (Wildman–Crippen MR) is 135 cm³/mol. The molecule has 1 aromatic heterocycles. The van der Waals surface area contributed by atoms with Gasteiger partial charge in [-0.1, -0.05) is 23.2 Å². The number of anilines is 1. The quantitative estimate of drug-likeness (QED) is 0.428. The van der Waals surface area contributed by atoms with E-state index >= 15 is 0 Å². The third-order valence-electron chi connectivity index (χ3n) is 6.74. The first-order chi connectivity index (χ1) is 17.7. The van der Waals surface area contributed by atoms with Gasteiger partial charge in [-0.05, 0) is 55.7 Å². The highest BCUT2D eigenvalue weighted by atomic mass is 35.5. The van der Waals surface area contributed by atoms with Crippen LogP contribution in [0, 0.1) is 11.8 Å². The predicted octanol–water partition coefficient (Wildman–Crippen LogP) is 5.60. The fourth-order valence-corrected chi connectivity index (χ4v) is 5.11. The molecule has 2 aliphatic heterocycles. The van der Waals surface area contributed by atoms with E-state index in [4.69, 9.17) is 32.9 Å². The fourth-order valence-electron chi connectivity index (χ4n) is 4.80. The van der Waals surface area contributed by atoms with E-state index < -0.39 is 6.36 Å². The topological polar surface area (TPSA) is 68.6 Å². The van der Waals surface area contributed by atoms with Gasteiger partial charge in [0.2, 0.25) is 11.9 Å². The number of piperidine rings is 1. The van der Waals surface area contributed by atoms with Gasteiger partial charge in [-0.2, -0.15) is 0 Å². The molecule has 1 N–H and O–H groups in total. The van der Waals surface area contributed by atoms with Crippen molar-refractivity contribution in [1.29, 1.82) is 0 Å². The van der Waals surface area contributed by atoms with Crippen LogP contribution in [-0.4, -0.2) is 54.7 Å². The van der Waals surface area contributed by atoms with Crippen LogP contribution in [0.5, 0.6) is 5.75 Å². The van der Waals surface area contributed by atoms with Crippen LogP contribution in [0.15, 0.2) is 36.4 Å². The Labute approximate surface area is 221 Å². The van der Waals surface area contributed by atoms with Crippen LogP contribution in [0.25, 0.3) is 16.7 Å². The molecular formula is C25H25Cl2F3N4O3. The van der Waals surface area contributed by atoms with Crippen molar-refractivity contribution in [2.75, 3.05) is 37.7 Å². The van der Waals surface area contributed by atoms with E-state index in [0.29, 0.717) is 77.7 Å². The number of rotatable bonds is 6. The average molecular weight is 557 g/mol. The van der Waals surface area contributed by atoms with E-state index in [1.165, 1.54) is 24.3 Å². The van der Waals surface area contributed by atoms with Crippen LogP contribution in [0.4, 0.5) is 19.1 Å². The summed E-state index contributed by atoms with van der Waals surface area (Å²) >= 11 is 12.5. The van der Waals surface area contributed by atoms with Gasteiger partial charge in [-0.15, -0.1) is 13.2 Å². The smallest absolute Gasteiger partial charge is 0.406 e. The van der Waals surface area contributed by atoms with Crippen molar-refractivity contribution in [3.05, 3.63) is 46.4 Å². The number of carbonyl (C=O) groups excluding carboxylic acids is 1. The number of hydrogen-bond donors (Lipinski definition) is 1. The van der Waals surface area contributed by atoms with E-state index in [0.717, 1.165) is 13.0 Å². The summed E-state index contributed by atoms with van der Waals surface area (Å²) in [5.74, 6) is 0.604. The van der Waals surface area contributed by atoms with E-state index in [9.17, 15) is 18.0 Å². The summed E-state index contributed by atoms with van der Waals surface area (Å²) in [4.78, 5) is 19.6. The summed E-state index contributed by atoms with van der Waals surface area (Å²) in [5, 5.41) is 3.75. The van der Waals surface area contributed by atoms with Gasteiger partial charge >= 0.3 is 6.36 Å². The summed E-state index contributed by atoms with van der Waals surface area (Å²) in [7, 11) is 0. The zero-order chi connectivity index (χ0) is 26.2. The summed E-state index contributed by atoms with van der Waals surface area (Å²) < 4.78 is 49.1. The van der Waals surface area contributed by atoms with Gasteiger partial charge in [0.15, 0.2) is 0 Å². The lowest BCUT2D eigenvalue weighted by Gasteiger charge is -2.32. The lowest BCUT2D eigenvalue weighted by atomic mass is 9.96. The Bertz CT molecular complexity index is 1270. The van der Waals surface area contributed by atoms with E-state index in [2.05, 4.69) is 15.0 Å². The summed E-state index contributed by atoms with van der Waals surface area (Å²) in [5.41, 5.74) is 1.84. The minimum absolute atomic E-state index is 0.0545. The minimum atomic E-state index is -4.78. The lowest BCUT2D eigenvalue weighted by Crippen LogP contribution is -2.42. The number of carbonyl (C=O) groups is 1. The molecule has 1 amide bonds. The molecule has 7 nitrogen and oxygen atoms in total. The first-order valence-electron chi connectivity index (χ1n) is 12.0. The van der Waals surface area contributed by atoms with Crippen molar-refractivity contribution in [2.45, 2.75) is 25.6 Å². The second-order valence-corrected chi connectivity index (χ2v) is 10.1. The largest absolute Gasteiger partial charge is 0.573 e. The minimum Gasteiger partial charge on any atom is -0.406 e. The zero-order valence-electron chi connectivity index (χ0n) is 19.7. The summed E-state index contributed by atoms with van der Waals surface area (Å²) in [6, 6.07) is 8.90. The molecule has 0 aliphatic carbocycles. The number of nitrogens with zero attached hydrogens (tertiary/aromatic N) is 3. The van der Waals surface area contributed by atoms with Crippen molar-refractivity contribution in [1.82, 2.24) is 14.9 Å². The Morgan fingerprint density at radius 1 is 1.11 bits per heavy atom. The van der Waals surface area contributed by atoms with Crippen molar-refractivity contribution in [3.63, 3.8) is 0 Å². The molecule has 12 heteroatoms. The standard InChI is InChI=1S/C25H25Cl2F3N4O3/c26-19-11-21-22(12-20(19)27)34(17-1-3-18(4-2-17)37-25(28,29)30)24(32-21)33-8-5-16(6-9-33)23(35)31-13-15-7-10-36-14-15/h1-4,11-12,15-16H,5-10,13-14H2,(H,31,35). The number of fused-ring (bicyclic) bond motifs is 1. The first-order valence-corrected chi connectivity index (χ1v) is 12.8. The molecule has 0 spiro atoms. The number of halogens is 5. The number of hydrogen-bond acceptors (Lipinski definition) is 5. The van der Waals surface area contributed by atoms with Crippen molar-refractivity contribution >= 4 is 46.1 Å². The molecule has 198 valence electrons. The molecule has 3 aromatic rings. The van der Waals surface area contributed by atoms with E-state index in [-0.39, 0.29) is 17.6 Å². The van der Waals surface area contributed by atoms with Crippen LogP contribution in [0.2, 0.25) is 10.0 Å². The van der Waals surface area contributed by atoms with Gasteiger partial charge in [0, 0.05) is 43.8 Å². The van der Waals surface area contributed by atoms with Crippen LogP contribution >= 0.6 is 23.2 Å². The fraction of sp³-hybridized carbons (Fsp3) is 0.440. The number of nitrogens with one attached hydrogen (secondary N) is 1. The maximum absolute atomic E-state index is 12.7. The number of benzene rings is 2. The number of aromatic nitrogens is 2. The molecule has 2 saturated heterocycles. The molecule has 37 heavy (non-hydrogen) atoms. The second kappa shape index (κ2) is 10.6. The van der Waals surface area contributed by atoms with Gasteiger partial charge in [0.25, 0.3) is 0 Å². The highest BCUT2D eigenvalue weighted by Crippen LogP contribution is 2.35. The van der Waals surface area contributed by atoms with Crippen LogP contribution in [-0.2, 0) is 9.53 Å². The number of ether oxygens (including phenoxy) is 2. The Morgan fingerprint density at radius 3 is 2.46 bits per heavy atom. The molecule has 2 fully saturated rings. The van der Waals surface area contributed by atoms with Crippen LogP contribution in [0.1, 0.15) is 19.3 Å². The monoisotopic (exact) mass is 556 g/mol. The SMILES string of the molecule is O=C(NCC1CCOC1)C1CCN(c2nc3cc(Cl)c(Cl)cc3n2-c2ccc(OC(F)(F)F)cc2)CC1. The summed E-state index contributed by atoms with van der Waals surface area (Å²) in [6.45, 7) is 3.24. The first kappa shape index (κ1) is 25.9. The molecule has 0 radical (unpaired) electrons. The maximum atomic E-state index is 12.7. The van der Waals surface area contributed by atoms with E-state index in [1.807, 2.05) is 4.57 Å². The molecule has 0 bridgehead atoms. The lowest BCUT2D eigenvalue weighted by molar-refractivity contribution is -0.274. The second-order valence-electron chi connectivity index (χ2n) is 9.28. The van der Waals surface area contributed by atoms with Crippen molar-refractivity contribution < 1.29 is 27.4 Å². The number of alkyl halides is 3. The summed E-state index contributed by atoms with van der Waals surface area (Å²) in [6.07, 6.45) is -2.52. The van der Waals surface area contributed by atoms with Gasteiger partial charge in [-0.3, -0.25) is 9.36 Å². The highest BCUT2D eigenvalue weighted by Gasteiger charge is 2.32. The Balaban J connectivity index is 1.37. The Kier molecular flexibility index (Phi) is 7.42. The molecule has 2 aliphatic rings. The van der Waals surface area contributed by atoms with Gasteiger partial charge < -0.3 is 19.7 Å². The zero-order valence-corrected chi connectivity index (χ0v) is 21.2. The number of amides is 1. The molecule has 2 aromatic carbocycles. The van der Waals surface area contributed by atoms with Crippen molar-refractivity contribution in [2.24, 2.45) is 11.8 Å². The van der Waals surface area contributed by atoms with Crippen LogP contribution < -0.4 is 15.0 Å². The molecule has 3 heterocycles.